The van der Waals surface area contributed by atoms with Gasteiger partial charge in [0.2, 0.25) is 11.8 Å². The number of aliphatic hydroxyl groups excluding tert-OH is 1. The molecule has 32 heavy (non-hydrogen) atoms. The Morgan fingerprint density at radius 1 is 1.12 bits per heavy atom. The molecule has 1 saturated heterocycles. The minimum atomic E-state index is -1.08. The highest BCUT2D eigenvalue weighted by molar-refractivity contribution is 6.05. The van der Waals surface area contributed by atoms with Gasteiger partial charge in [0, 0.05) is 18.5 Å². The van der Waals surface area contributed by atoms with Crippen molar-refractivity contribution in [1.29, 1.82) is 0 Å². The summed E-state index contributed by atoms with van der Waals surface area (Å²) in [5, 5.41) is 20.8. The van der Waals surface area contributed by atoms with E-state index in [1.807, 2.05) is 0 Å². The van der Waals surface area contributed by atoms with Crippen LogP contribution in [-0.2, 0) is 16.1 Å². The summed E-state index contributed by atoms with van der Waals surface area (Å²) in [5.41, 5.74) is 2.53. The highest BCUT2D eigenvalue weighted by Crippen LogP contribution is 2.29. The van der Waals surface area contributed by atoms with Gasteiger partial charge in [0.1, 0.15) is 23.7 Å². The molecule has 0 radical (unpaired) electrons. The standard InChI is InChI=1S/C22H18FN5O4/c23-14-4-1-12(2-5-14)20(30)17-11-28(26-25-17)15-6-3-13-10-27(22(32)16(13)9-15)18-7-8-19(29)24-21(18)31/h1-6,9,11,18,20,30H,7-8,10H2,(H,24,29,31). The van der Waals surface area contributed by atoms with Gasteiger partial charge < -0.3 is 10.0 Å². The number of hydrogen-bond donors (Lipinski definition) is 2. The van der Waals surface area contributed by atoms with Crippen LogP contribution >= 0.6 is 0 Å². The van der Waals surface area contributed by atoms with Crippen molar-refractivity contribution in [3.63, 3.8) is 0 Å². The Hall–Kier alpha value is -3.92. The monoisotopic (exact) mass is 435 g/mol. The third kappa shape index (κ3) is 3.44. The van der Waals surface area contributed by atoms with Crippen LogP contribution in [0.15, 0.2) is 48.7 Å². The fraction of sp³-hybridized carbons (Fsp3) is 0.227. The molecule has 0 spiro atoms. The largest absolute Gasteiger partial charge is 0.382 e. The number of carbonyl (C=O) groups excluding carboxylic acids is 3. The van der Waals surface area contributed by atoms with E-state index in [4.69, 9.17) is 0 Å². The molecule has 2 aliphatic heterocycles. The maximum Gasteiger partial charge on any atom is 0.255 e. The van der Waals surface area contributed by atoms with E-state index in [2.05, 4.69) is 15.6 Å². The smallest absolute Gasteiger partial charge is 0.255 e. The van der Waals surface area contributed by atoms with Crippen LogP contribution in [0.1, 0.15) is 46.1 Å². The summed E-state index contributed by atoms with van der Waals surface area (Å²) in [5.74, 6) is -1.48. The van der Waals surface area contributed by atoms with Crippen molar-refractivity contribution >= 4 is 17.7 Å². The summed E-state index contributed by atoms with van der Waals surface area (Å²) >= 11 is 0. The summed E-state index contributed by atoms with van der Waals surface area (Å²) < 4.78 is 14.6. The van der Waals surface area contributed by atoms with Gasteiger partial charge >= 0.3 is 0 Å². The number of imide groups is 1. The minimum absolute atomic E-state index is 0.194. The second kappa shape index (κ2) is 7.65. The number of nitrogens with one attached hydrogen (secondary N) is 1. The predicted octanol–water partition coefficient (Wildman–Crippen LogP) is 1.25. The Morgan fingerprint density at radius 2 is 1.91 bits per heavy atom. The first-order valence-electron chi connectivity index (χ1n) is 10.0. The molecule has 162 valence electrons. The summed E-state index contributed by atoms with van der Waals surface area (Å²) in [4.78, 5) is 38.0. The molecule has 3 heterocycles. The third-order valence-electron chi connectivity index (χ3n) is 5.75. The van der Waals surface area contributed by atoms with Crippen molar-refractivity contribution in [3.8, 4) is 5.69 Å². The summed E-state index contributed by atoms with van der Waals surface area (Å²) in [6, 6.07) is 9.97. The second-order valence-electron chi connectivity index (χ2n) is 7.78. The molecule has 2 atom stereocenters. The van der Waals surface area contributed by atoms with E-state index >= 15 is 0 Å². The van der Waals surface area contributed by atoms with E-state index in [0.717, 1.165) is 5.56 Å². The third-order valence-corrected chi connectivity index (χ3v) is 5.75. The fourth-order valence-electron chi connectivity index (χ4n) is 4.03. The Balaban J connectivity index is 1.38. The first-order valence-corrected chi connectivity index (χ1v) is 10.0. The van der Waals surface area contributed by atoms with Crippen molar-refractivity contribution in [2.24, 2.45) is 0 Å². The van der Waals surface area contributed by atoms with Crippen LogP contribution in [0.3, 0.4) is 0 Å². The number of benzene rings is 2. The van der Waals surface area contributed by atoms with Crippen LogP contribution in [0.4, 0.5) is 4.39 Å². The van der Waals surface area contributed by atoms with Gasteiger partial charge in [-0.25, -0.2) is 9.07 Å². The van der Waals surface area contributed by atoms with Gasteiger partial charge in [0.25, 0.3) is 5.91 Å². The van der Waals surface area contributed by atoms with Gasteiger partial charge in [0.05, 0.1) is 11.9 Å². The van der Waals surface area contributed by atoms with Crippen LogP contribution < -0.4 is 5.32 Å². The van der Waals surface area contributed by atoms with E-state index in [1.165, 1.54) is 40.0 Å². The van der Waals surface area contributed by atoms with Crippen molar-refractivity contribution in [2.45, 2.75) is 31.5 Å². The molecular formula is C22H18FN5O4. The molecular weight excluding hydrogens is 417 g/mol. The topological polar surface area (TPSA) is 117 Å². The van der Waals surface area contributed by atoms with Crippen LogP contribution in [0.2, 0.25) is 0 Å². The molecule has 2 aromatic carbocycles. The van der Waals surface area contributed by atoms with Crippen molar-refractivity contribution in [1.82, 2.24) is 25.2 Å². The highest BCUT2D eigenvalue weighted by atomic mass is 19.1. The number of amides is 3. The number of aromatic nitrogens is 3. The lowest BCUT2D eigenvalue weighted by atomic mass is 10.0. The van der Waals surface area contributed by atoms with Gasteiger partial charge in [-0.2, -0.15) is 0 Å². The Bertz CT molecular complexity index is 1240. The lowest BCUT2D eigenvalue weighted by Gasteiger charge is -2.29. The van der Waals surface area contributed by atoms with Crippen LogP contribution in [0.25, 0.3) is 5.69 Å². The molecule has 2 aliphatic rings. The molecule has 0 bridgehead atoms. The van der Waals surface area contributed by atoms with E-state index < -0.39 is 23.9 Å². The van der Waals surface area contributed by atoms with Gasteiger partial charge in [-0.05, 0) is 41.8 Å². The lowest BCUT2D eigenvalue weighted by Crippen LogP contribution is -2.52. The number of halogens is 1. The van der Waals surface area contributed by atoms with Crippen LogP contribution in [-0.4, -0.2) is 48.8 Å². The van der Waals surface area contributed by atoms with Gasteiger partial charge in [-0.3, -0.25) is 19.7 Å². The number of carbonyl (C=O) groups is 3. The average molecular weight is 435 g/mol. The number of nitrogens with zero attached hydrogens (tertiary/aromatic N) is 4. The lowest BCUT2D eigenvalue weighted by molar-refractivity contribution is -0.136. The van der Waals surface area contributed by atoms with Crippen LogP contribution in [0.5, 0.6) is 0 Å². The Morgan fingerprint density at radius 3 is 2.66 bits per heavy atom. The van der Waals surface area contributed by atoms with Gasteiger partial charge in [0.15, 0.2) is 0 Å². The van der Waals surface area contributed by atoms with E-state index in [9.17, 15) is 23.9 Å². The molecule has 0 aliphatic carbocycles. The van der Waals surface area contributed by atoms with E-state index in [0.29, 0.717) is 23.2 Å². The average Bonchev–Trinajstić information content (AvgIpc) is 3.39. The predicted molar refractivity (Wildman–Crippen MR) is 108 cm³/mol. The zero-order chi connectivity index (χ0) is 22.4. The Kier molecular flexibility index (Phi) is 4.78. The number of aliphatic hydroxyl groups is 1. The van der Waals surface area contributed by atoms with Crippen molar-refractivity contribution < 1.29 is 23.9 Å². The van der Waals surface area contributed by atoms with Crippen LogP contribution in [0, 0.1) is 5.82 Å². The quantitative estimate of drug-likeness (QED) is 0.596. The minimum Gasteiger partial charge on any atom is -0.382 e. The van der Waals surface area contributed by atoms with E-state index in [-0.39, 0.29) is 30.5 Å². The molecule has 1 fully saturated rings. The number of hydrogen-bond acceptors (Lipinski definition) is 6. The zero-order valence-electron chi connectivity index (χ0n) is 16.7. The second-order valence-corrected chi connectivity index (χ2v) is 7.78. The molecule has 5 rings (SSSR count). The molecule has 1 aromatic heterocycles. The molecule has 10 heteroatoms. The summed E-state index contributed by atoms with van der Waals surface area (Å²) in [7, 11) is 0. The van der Waals surface area contributed by atoms with Crippen molar-refractivity contribution in [3.05, 3.63) is 76.9 Å². The maximum absolute atomic E-state index is 13.1. The SMILES string of the molecule is O=C1CCC(N2Cc3ccc(-n4cc(C(O)c5ccc(F)cc5)nn4)cc3C2=O)C(=O)N1. The van der Waals surface area contributed by atoms with Gasteiger partial charge in [-0.15, -0.1) is 5.10 Å². The number of fused-ring (bicyclic) bond motifs is 1. The highest BCUT2D eigenvalue weighted by Gasteiger charge is 2.39. The number of rotatable bonds is 4. The van der Waals surface area contributed by atoms with Gasteiger partial charge in [-0.1, -0.05) is 23.4 Å². The number of piperidine rings is 1. The molecule has 2 N–H and O–H groups in total. The fourth-order valence-corrected chi connectivity index (χ4v) is 4.03. The Labute approximate surface area is 181 Å². The molecule has 3 amide bonds. The van der Waals surface area contributed by atoms with Crippen molar-refractivity contribution in [2.75, 3.05) is 0 Å². The molecule has 0 saturated carbocycles. The summed E-state index contributed by atoms with van der Waals surface area (Å²) in [6.45, 7) is 0.284. The molecule has 3 aromatic rings. The molecule has 2 unspecified atom stereocenters. The maximum atomic E-state index is 13.1. The summed E-state index contributed by atoms with van der Waals surface area (Å²) in [6.07, 6.45) is 0.946. The first-order chi connectivity index (χ1) is 15.4. The molecule has 9 nitrogen and oxygen atoms in total. The first kappa shape index (κ1) is 20.0. The normalized spacial score (nSPS) is 19.1. The zero-order valence-corrected chi connectivity index (χ0v) is 16.7. The van der Waals surface area contributed by atoms with E-state index in [1.54, 1.807) is 18.2 Å².